The van der Waals surface area contributed by atoms with Crippen molar-refractivity contribution in [2.45, 2.75) is 13.8 Å². The summed E-state index contributed by atoms with van der Waals surface area (Å²) in [5.41, 5.74) is 3.69. The lowest BCUT2D eigenvalue weighted by Crippen LogP contribution is -2.12. The molecule has 0 atom stereocenters. The Morgan fingerprint density at radius 1 is 1.35 bits per heavy atom. The van der Waals surface area contributed by atoms with Crippen LogP contribution < -0.4 is 5.32 Å². The standard InChI is InChI=1S/C13H14N2O2/c1-8-3-4-11-10(5-8)12(6-9(2)15-11)14-7-13(16)17/h3-6H,7H2,1-2H3,(H,14,15)(H,16,17). The first-order chi connectivity index (χ1) is 8.06. The highest BCUT2D eigenvalue weighted by Gasteiger charge is 2.05. The Morgan fingerprint density at radius 2 is 2.12 bits per heavy atom. The summed E-state index contributed by atoms with van der Waals surface area (Å²) in [5.74, 6) is -0.875. The summed E-state index contributed by atoms with van der Waals surface area (Å²) < 4.78 is 0. The van der Waals surface area contributed by atoms with Crippen molar-refractivity contribution in [2.24, 2.45) is 0 Å². The predicted octanol–water partition coefficient (Wildman–Crippen LogP) is 2.35. The van der Waals surface area contributed by atoms with Crippen molar-refractivity contribution in [2.75, 3.05) is 11.9 Å². The largest absolute Gasteiger partial charge is 0.480 e. The van der Waals surface area contributed by atoms with Gasteiger partial charge < -0.3 is 10.4 Å². The summed E-state index contributed by atoms with van der Waals surface area (Å²) in [6, 6.07) is 7.82. The molecule has 4 nitrogen and oxygen atoms in total. The molecule has 0 fully saturated rings. The van der Waals surface area contributed by atoms with Crippen LogP contribution in [0.25, 0.3) is 10.9 Å². The number of carboxylic acid groups (broad SMARTS) is 1. The Bertz CT molecular complexity index is 579. The van der Waals surface area contributed by atoms with Gasteiger partial charge in [-0.1, -0.05) is 11.6 Å². The van der Waals surface area contributed by atoms with Gasteiger partial charge in [0.05, 0.1) is 5.52 Å². The number of fused-ring (bicyclic) bond motifs is 1. The van der Waals surface area contributed by atoms with E-state index in [0.29, 0.717) is 0 Å². The molecule has 88 valence electrons. The molecule has 1 aromatic heterocycles. The topological polar surface area (TPSA) is 62.2 Å². The molecule has 0 aliphatic carbocycles. The number of rotatable bonds is 3. The molecule has 0 bridgehead atoms. The van der Waals surface area contributed by atoms with Gasteiger partial charge in [0.1, 0.15) is 6.54 Å². The van der Waals surface area contributed by atoms with Gasteiger partial charge in [0.25, 0.3) is 0 Å². The Hall–Kier alpha value is -2.10. The van der Waals surface area contributed by atoms with Crippen molar-refractivity contribution >= 4 is 22.6 Å². The van der Waals surface area contributed by atoms with Crippen LogP contribution in [0, 0.1) is 13.8 Å². The Labute approximate surface area is 99.3 Å². The molecule has 2 N–H and O–H groups in total. The second kappa shape index (κ2) is 4.41. The van der Waals surface area contributed by atoms with E-state index in [9.17, 15) is 4.79 Å². The SMILES string of the molecule is Cc1ccc2nc(C)cc(NCC(=O)O)c2c1. The van der Waals surface area contributed by atoms with Gasteiger partial charge in [-0.05, 0) is 32.0 Å². The molecule has 0 saturated heterocycles. The van der Waals surface area contributed by atoms with E-state index in [0.717, 1.165) is 27.8 Å². The van der Waals surface area contributed by atoms with Crippen LogP contribution in [0.2, 0.25) is 0 Å². The number of nitrogens with zero attached hydrogens (tertiary/aromatic N) is 1. The molecule has 17 heavy (non-hydrogen) atoms. The molecule has 2 rings (SSSR count). The van der Waals surface area contributed by atoms with Crippen LogP contribution in [0.1, 0.15) is 11.3 Å². The number of hydrogen-bond acceptors (Lipinski definition) is 3. The lowest BCUT2D eigenvalue weighted by Gasteiger charge is -2.09. The van der Waals surface area contributed by atoms with Crippen LogP contribution in [0.4, 0.5) is 5.69 Å². The van der Waals surface area contributed by atoms with Crippen LogP contribution >= 0.6 is 0 Å². The van der Waals surface area contributed by atoms with Gasteiger partial charge in [0.15, 0.2) is 0 Å². The molecule has 0 saturated carbocycles. The number of anilines is 1. The van der Waals surface area contributed by atoms with Gasteiger partial charge in [-0.2, -0.15) is 0 Å². The van der Waals surface area contributed by atoms with Crippen LogP contribution in [-0.4, -0.2) is 22.6 Å². The fourth-order valence-electron chi connectivity index (χ4n) is 1.79. The molecule has 2 aromatic rings. The van der Waals surface area contributed by atoms with Gasteiger partial charge in [-0.15, -0.1) is 0 Å². The summed E-state index contributed by atoms with van der Waals surface area (Å²) >= 11 is 0. The van der Waals surface area contributed by atoms with Gasteiger partial charge in [0, 0.05) is 16.8 Å². The van der Waals surface area contributed by atoms with Crippen molar-refractivity contribution in [3.8, 4) is 0 Å². The second-order valence-corrected chi connectivity index (χ2v) is 4.08. The zero-order valence-corrected chi connectivity index (χ0v) is 9.82. The number of carboxylic acids is 1. The van der Waals surface area contributed by atoms with Crippen molar-refractivity contribution in [1.29, 1.82) is 0 Å². The normalized spacial score (nSPS) is 10.5. The molecule has 0 aliphatic rings. The van der Waals surface area contributed by atoms with Gasteiger partial charge >= 0.3 is 5.97 Å². The van der Waals surface area contributed by atoms with Crippen molar-refractivity contribution < 1.29 is 9.90 Å². The lowest BCUT2D eigenvalue weighted by atomic mass is 10.1. The molecule has 0 unspecified atom stereocenters. The summed E-state index contributed by atoms with van der Waals surface area (Å²) in [6.45, 7) is 3.80. The fraction of sp³-hybridized carbons (Fsp3) is 0.231. The second-order valence-electron chi connectivity index (χ2n) is 4.08. The zero-order valence-electron chi connectivity index (χ0n) is 9.82. The quantitative estimate of drug-likeness (QED) is 0.849. The van der Waals surface area contributed by atoms with Crippen molar-refractivity contribution in [3.05, 3.63) is 35.5 Å². The predicted molar refractivity (Wildman–Crippen MR) is 67.3 cm³/mol. The molecule has 0 amide bonds. The van der Waals surface area contributed by atoms with Crippen molar-refractivity contribution in [3.63, 3.8) is 0 Å². The third-order valence-electron chi connectivity index (χ3n) is 2.52. The van der Waals surface area contributed by atoms with E-state index in [4.69, 9.17) is 5.11 Å². The Balaban J connectivity index is 2.51. The molecular formula is C13H14N2O2. The van der Waals surface area contributed by atoms with Gasteiger partial charge in [-0.25, -0.2) is 0 Å². The average molecular weight is 230 g/mol. The molecule has 0 spiro atoms. The average Bonchev–Trinajstić information content (AvgIpc) is 2.26. The number of nitrogens with one attached hydrogen (secondary N) is 1. The molecule has 0 aliphatic heterocycles. The summed E-state index contributed by atoms with van der Waals surface area (Å²) in [5, 5.41) is 12.6. The molecule has 4 heteroatoms. The zero-order chi connectivity index (χ0) is 12.4. The first kappa shape index (κ1) is 11.4. The van der Waals surface area contributed by atoms with E-state index < -0.39 is 5.97 Å². The fourth-order valence-corrected chi connectivity index (χ4v) is 1.79. The van der Waals surface area contributed by atoms with Crippen LogP contribution in [-0.2, 0) is 4.79 Å². The number of aromatic nitrogens is 1. The highest BCUT2D eigenvalue weighted by molar-refractivity contribution is 5.93. The maximum Gasteiger partial charge on any atom is 0.322 e. The maximum atomic E-state index is 10.6. The first-order valence-corrected chi connectivity index (χ1v) is 5.40. The van der Waals surface area contributed by atoms with E-state index in [1.54, 1.807) is 0 Å². The highest BCUT2D eigenvalue weighted by atomic mass is 16.4. The van der Waals surface area contributed by atoms with E-state index in [1.807, 2.05) is 38.1 Å². The van der Waals surface area contributed by atoms with Crippen LogP contribution in [0.15, 0.2) is 24.3 Å². The third-order valence-corrected chi connectivity index (χ3v) is 2.52. The first-order valence-electron chi connectivity index (χ1n) is 5.40. The number of carbonyl (C=O) groups is 1. The molecule has 1 heterocycles. The number of aliphatic carboxylic acids is 1. The van der Waals surface area contributed by atoms with Gasteiger partial charge in [0.2, 0.25) is 0 Å². The van der Waals surface area contributed by atoms with Gasteiger partial charge in [-0.3, -0.25) is 9.78 Å². The van der Waals surface area contributed by atoms with Crippen LogP contribution in [0.5, 0.6) is 0 Å². The minimum absolute atomic E-state index is 0.0908. The number of aryl methyl sites for hydroxylation is 2. The lowest BCUT2D eigenvalue weighted by molar-refractivity contribution is -0.134. The summed E-state index contributed by atoms with van der Waals surface area (Å²) in [6.07, 6.45) is 0. The molecular weight excluding hydrogens is 216 g/mol. The number of benzene rings is 1. The van der Waals surface area contributed by atoms with E-state index in [1.165, 1.54) is 0 Å². The van der Waals surface area contributed by atoms with E-state index in [-0.39, 0.29) is 6.54 Å². The number of hydrogen-bond donors (Lipinski definition) is 2. The van der Waals surface area contributed by atoms with Crippen LogP contribution in [0.3, 0.4) is 0 Å². The minimum atomic E-state index is -0.875. The van der Waals surface area contributed by atoms with E-state index >= 15 is 0 Å². The molecule has 0 radical (unpaired) electrons. The minimum Gasteiger partial charge on any atom is -0.480 e. The highest BCUT2D eigenvalue weighted by Crippen LogP contribution is 2.24. The van der Waals surface area contributed by atoms with Crippen molar-refractivity contribution in [1.82, 2.24) is 4.98 Å². The van der Waals surface area contributed by atoms with E-state index in [2.05, 4.69) is 10.3 Å². The Morgan fingerprint density at radius 3 is 2.82 bits per heavy atom. The monoisotopic (exact) mass is 230 g/mol. The number of pyridine rings is 1. The Kier molecular flexibility index (Phi) is 2.95. The smallest absolute Gasteiger partial charge is 0.322 e. The maximum absolute atomic E-state index is 10.6. The molecule has 1 aromatic carbocycles. The summed E-state index contributed by atoms with van der Waals surface area (Å²) in [7, 11) is 0. The summed E-state index contributed by atoms with van der Waals surface area (Å²) in [4.78, 5) is 15.0. The third kappa shape index (κ3) is 2.53.